The number of hydrogen-bond acceptors (Lipinski definition) is 8. The van der Waals surface area contributed by atoms with Crippen molar-refractivity contribution in [1.29, 1.82) is 0 Å². The van der Waals surface area contributed by atoms with Crippen LogP contribution < -0.4 is 19.5 Å². The average Bonchev–Trinajstić information content (AvgIpc) is 2.72. The normalized spacial score (nSPS) is 12.1. The molecule has 1 unspecified atom stereocenters. The summed E-state index contributed by atoms with van der Waals surface area (Å²) >= 11 is 0. The van der Waals surface area contributed by atoms with Crippen molar-refractivity contribution in [2.75, 3.05) is 27.3 Å². The number of methoxy groups -OCH3 is 2. The molecule has 2 aromatic rings. The summed E-state index contributed by atoms with van der Waals surface area (Å²) in [6.45, 7) is 5.56. The monoisotopic (exact) mass is 445 g/mol. The minimum atomic E-state index is -0.827. The highest BCUT2D eigenvalue weighted by atomic mass is 16.6. The predicted molar refractivity (Wildman–Crippen MR) is 119 cm³/mol. The zero-order valence-corrected chi connectivity index (χ0v) is 19.1. The van der Waals surface area contributed by atoms with Crippen LogP contribution in [0.4, 0.5) is 0 Å². The van der Waals surface area contributed by atoms with Gasteiger partial charge < -0.3 is 29.4 Å². The summed E-state index contributed by atoms with van der Waals surface area (Å²) in [6.07, 6.45) is -0.779. The molecular weight excluding hydrogens is 414 g/mol. The predicted octanol–water partition coefficient (Wildman–Crippen LogP) is 2.82. The van der Waals surface area contributed by atoms with Crippen LogP contribution in [-0.2, 0) is 20.7 Å². The van der Waals surface area contributed by atoms with E-state index in [-0.39, 0.29) is 25.5 Å². The van der Waals surface area contributed by atoms with Crippen LogP contribution in [0.1, 0.15) is 38.0 Å². The minimum absolute atomic E-state index is 0.000909. The largest absolute Gasteiger partial charge is 0.497 e. The van der Waals surface area contributed by atoms with Crippen LogP contribution in [0.15, 0.2) is 42.5 Å². The van der Waals surface area contributed by atoms with Crippen LogP contribution in [0.5, 0.6) is 17.2 Å². The van der Waals surface area contributed by atoms with Crippen molar-refractivity contribution in [2.45, 2.75) is 38.9 Å². The quantitative estimate of drug-likeness (QED) is 0.425. The number of nitrogens with one attached hydrogen (secondary N) is 1. The van der Waals surface area contributed by atoms with E-state index in [0.29, 0.717) is 28.4 Å². The first-order chi connectivity index (χ1) is 15.1. The van der Waals surface area contributed by atoms with Gasteiger partial charge in [0, 0.05) is 12.6 Å². The lowest BCUT2D eigenvalue weighted by Crippen LogP contribution is -2.33. The molecule has 0 amide bonds. The second kappa shape index (κ2) is 11.5. The number of benzene rings is 2. The highest BCUT2D eigenvalue weighted by Crippen LogP contribution is 2.23. The van der Waals surface area contributed by atoms with Crippen molar-refractivity contribution < 1.29 is 33.6 Å². The van der Waals surface area contributed by atoms with Crippen molar-refractivity contribution >= 4 is 11.9 Å². The first-order valence-electron chi connectivity index (χ1n) is 10.2. The van der Waals surface area contributed by atoms with Crippen LogP contribution in [-0.4, -0.2) is 50.0 Å². The fourth-order valence-electron chi connectivity index (χ4n) is 2.87. The van der Waals surface area contributed by atoms with E-state index in [1.165, 1.54) is 0 Å². The topological polar surface area (TPSA) is 103 Å². The summed E-state index contributed by atoms with van der Waals surface area (Å²) in [5.74, 6) is 0.715. The van der Waals surface area contributed by atoms with E-state index in [4.69, 9.17) is 18.9 Å². The third-order valence-corrected chi connectivity index (χ3v) is 4.28. The Morgan fingerprint density at radius 3 is 2.06 bits per heavy atom. The molecule has 0 radical (unpaired) electrons. The number of rotatable bonds is 10. The van der Waals surface area contributed by atoms with Crippen molar-refractivity contribution in [3.63, 3.8) is 0 Å². The maximum absolute atomic E-state index is 12.3. The van der Waals surface area contributed by atoms with Crippen molar-refractivity contribution in [2.24, 2.45) is 0 Å². The number of esters is 2. The molecule has 0 bridgehead atoms. The summed E-state index contributed by atoms with van der Waals surface area (Å²) in [6, 6.07) is 11.8. The Labute approximate surface area is 188 Å². The SMILES string of the molecule is COc1cc(CC(=O)Oc2ccc(C(O)CNCC(=O)OC(C)(C)C)cc2)cc(OC)c1. The van der Waals surface area contributed by atoms with Gasteiger partial charge in [0.25, 0.3) is 0 Å². The van der Waals surface area contributed by atoms with Gasteiger partial charge in [0.2, 0.25) is 0 Å². The van der Waals surface area contributed by atoms with E-state index >= 15 is 0 Å². The lowest BCUT2D eigenvalue weighted by atomic mass is 10.1. The molecule has 2 N–H and O–H groups in total. The molecule has 0 heterocycles. The molecule has 0 spiro atoms. The lowest BCUT2D eigenvalue weighted by molar-refractivity contribution is -0.153. The van der Waals surface area contributed by atoms with E-state index in [0.717, 1.165) is 0 Å². The molecule has 0 aromatic heterocycles. The highest BCUT2D eigenvalue weighted by molar-refractivity contribution is 5.75. The zero-order chi connectivity index (χ0) is 23.7. The Hall–Kier alpha value is -3.10. The standard InChI is InChI=1S/C24H31NO7/c1-24(2,3)32-23(28)15-25-14-21(26)17-6-8-18(9-7-17)31-22(27)12-16-10-19(29-4)13-20(11-16)30-5/h6-11,13,21,25-26H,12,14-15H2,1-5H3. The number of ether oxygens (including phenoxy) is 4. The Balaban J connectivity index is 1.85. The molecular formula is C24H31NO7. The second-order valence-corrected chi connectivity index (χ2v) is 8.17. The molecule has 0 saturated carbocycles. The summed E-state index contributed by atoms with van der Waals surface area (Å²) in [7, 11) is 3.08. The van der Waals surface area contributed by atoms with Crippen LogP contribution in [0.3, 0.4) is 0 Å². The molecule has 8 heteroatoms. The molecule has 0 aliphatic heterocycles. The van der Waals surface area contributed by atoms with Crippen molar-refractivity contribution in [3.05, 3.63) is 53.6 Å². The summed E-state index contributed by atoms with van der Waals surface area (Å²) in [5.41, 5.74) is 0.775. The fourth-order valence-corrected chi connectivity index (χ4v) is 2.87. The van der Waals surface area contributed by atoms with Gasteiger partial charge in [-0.1, -0.05) is 12.1 Å². The molecule has 0 saturated heterocycles. The molecule has 0 fully saturated rings. The van der Waals surface area contributed by atoms with E-state index in [1.54, 1.807) is 77.5 Å². The average molecular weight is 446 g/mol. The first-order valence-corrected chi connectivity index (χ1v) is 10.2. The van der Waals surface area contributed by atoms with Gasteiger partial charge >= 0.3 is 11.9 Å². The molecule has 1 atom stereocenters. The zero-order valence-electron chi connectivity index (χ0n) is 19.1. The maximum Gasteiger partial charge on any atom is 0.320 e. The number of aliphatic hydroxyl groups is 1. The van der Waals surface area contributed by atoms with Gasteiger partial charge in [-0.15, -0.1) is 0 Å². The van der Waals surface area contributed by atoms with Crippen molar-refractivity contribution in [1.82, 2.24) is 5.32 Å². The van der Waals surface area contributed by atoms with Gasteiger partial charge in [0.1, 0.15) is 22.8 Å². The molecule has 174 valence electrons. The molecule has 0 aliphatic rings. The van der Waals surface area contributed by atoms with Crippen molar-refractivity contribution in [3.8, 4) is 17.2 Å². The van der Waals surface area contributed by atoms with E-state index in [1.807, 2.05) is 0 Å². The van der Waals surface area contributed by atoms with Gasteiger partial charge in [-0.05, 0) is 56.2 Å². The molecule has 8 nitrogen and oxygen atoms in total. The summed E-state index contributed by atoms with van der Waals surface area (Å²) in [4.78, 5) is 24.0. The van der Waals surface area contributed by atoms with Gasteiger partial charge in [-0.25, -0.2) is 0 Å². The Morgan fingerprint density at radius 2 is 1.53 bits per heavy atom. The Bertz CT molecular complexity index is 881. The third kappa shape index (κ3) is 8.56. The number of carbonyl (C=O) groups is 2. The van der Waals surface area contributed by atoms with E-state index in [2.05, 4.69) is 5.32 Å². The minimum Gasteiger partial charge on any atom is -0.497 e. The molecule has 32 heavy (non-hydrogen) atoms. The second-order valence-electron chi connectivity index (χ2n) is 8.17. The Morgan fingerprint density at radius 1 is 0.938 bits per heavy atom. The lowest BCUT2D eigenvalue weighted by Gasteiger charge is -2.20. The Kier molecular flexibility index (Phi) is 9.04. The molecule has 0 aliphatic carbocycles. The fraction of sp³-hybridized carbons (Fsp3) is 0.417. The number of hydrogen-bond donors (Lipinski definition) is 2. The third-order valence-electron chi connectivity index (χ3n) is 4.28. The maximum atomic E-state index is 12.3. The van der Waals surface area contributed by atoms with Gasteiger partial charge in [-0.3, -0.25) is 9.59 Å². The van der Waals surface area contributed by atoms with Gasteiger partial charge in [0.05, 0.1) is 33.3 Å². The molecule has 2 aromatic carbocycles. The van der Waals surface area contributed by atoms with Crippen LogP contribution in [0, 0.1) is 0 Å². The highest BCUT2D eigenvalue weighted by Gasteiger charge is 2.16. The van der Waals surface area contributed by atoms with E-state index < -0.39 is 17.7 Å². The molecule has 2 rings (SSSR count). The number of aliphatic hydroxyl groups excluding tert-OH is 1. The van der Waals surface area contributed by atoms with Gasteiger partial charge in [-0.2, -0.15) is 0 Å². The smallest absolute Gasteiger partial charge is 0.320 e. The van der Waals surface area contributed by atoms with E-state index in [9.17, 15) is 14.7 Å². The summed E-state index contributed by atoms with van der Waals surface area (Å²) < 4.78 is 21.0. The van der Waals surface area contributed by atoms with Crippen LogP contribution in [0.2, 0.25) is 0 Å². The van der Waals surface area contributed by atoms with Gasteiger partial charge in [0.15, 0.2) is 0 Å². The number of carbonyl (C=O) groups excluding carboxylic acids is 2. The van der Waals surface area contributed by atoms with Crippen LogP contribution >= 0.6 is 0 Å². The first kappa shape index (κ1) is 25.2. The van der Waals surface area contributed by atoms with Crippen LogP contribution in [0.25, 0.3) is 0 Å². The summed E-state index contributed by atoms with van der Waals surface area (Å²) in [5, 5.41) is 13.2.